The SMILES string of the molecule is Cn1ncnc1C1CCN(C(N)=O)C1. The highest BCUT2D eigenvalue weighted by atomic mass is 16.2. The Labute approximate surface area is 81.7 Å². The van der Waals surface area contributed by atoms with Crippen molar-refractivity contribution in [3.63, 3.8) is 0 Å². The molecule has 2 N–H and O–H groups in total. The van der Waals surface area contributed by atoms with Gasteiger partial charge in [-0.15, -0.1) is 0 Å². The van der Waals surface area contributed by atoms with Gasteiger partial charge in [-0.3, -0.25) is 4.68 Å². The maximum atomic E-state index is 10.9. The largest absolute Gasteiger partial charge is 0.351 e. The minimum atomic E-state index is -0.352. The zero-order valence-electron chi connectivity index (χ0n) is 8.05. The van der Waals surface area contributed by atoms with Crippen molar-refractivity contribution >= 4 is 6.03 Å². The Kier molecular flexibility index (Phi) is 2.11. The van der Waals surface area contributed by atoms with E-state index in [1.165, 1.54) is 6.33 Å². The monoisotopic (exact) mass is 195 g/mol. The van der Waals surface area contributed by atoms with Crippen LogP contribution >= 0.6 is 0 Å². The minimum absolute atomic E-state index is 0.273. The van der Waals surface area contributed by atoms with Gasteiger partial charge in [0.05, 0.1) is 0 Å². The second-order valence-electron chi connectivity index (χ2n) is 3.51. The van der Waals surface area contributed by atoms with E-state index < -0.39 is 0 Å². The Morgan fingerprint density at radius 3 is 3.00 bits per heavy atom. The van der Waals surface area contributed by atoms with Crippen molar-refractivity contribution in [2.24, 2.45) is 12.8 Å². The first-order valence-electron chi connectivity index (χ1n) is 4.56. The number of aromatic nitrogens is 3. The molecule has 1 unspecified atom stereocenters. The van der Waals surface area contributed by atoms with Gasteiger partial charge >= 0.3 is 6.03 Å². The Balaban J connectivity index is 2.10. The lowest BCUT2D eigenvalue weighted by Crippen LogP contribution is -2.33. The highest BCUT2D eigenvalue weighted by molar-refractivity contribution is 5.72. The molecule has 1 aromatic rings. The normalized spacial score (nSPS) is 21.5. The van der Waals surface area contributed by atoms with Gasteiger partial charge in [-0.1, -0.05) is 0 Å². The van der Waals surface area contributed by atoms with Gasteiger partial charge in [0.15, 0.2) is 0 Å². The molecule has 2 rings (SSSR count). The van der Waals surface area contributed by atoms with Crippen LogP contribution in [0.1, 0.15) is 18.2 Å². The number of aryl methyl sites for hydroxylation is 1. The molecule has 0 radical (unpaired) electrons. The molecule has 1 saturated heterocycles. The minimum Gasteiger partial charge on any atom is -0.351 e. The molecular weight excluding hydrogens is 182 g/mol. The van der Waals surface area contributed by atoms with Gasteiger partial charge in [0.2, 0.25) is 0 Å². The summed E-state index contributed by atoms with van der Waals surface area (Å²) < 4.78 is 1.75. The molecule has 0 saturated carbocycles. The number of nitrogens with two attached hydrogens (primary N) is 1. The van der Waals surface area contributed by atoms with Gasteiger partial charge in [-0.25, -0.2) is 9.78 Å². The summed E-state index contributed by atoms with van der Waals surface area (Å²) in [7, 11) is 1.86. The Morgan fingerprint density at radius 2 is 2.50 bits per heavy atom. The summed E-state index contributed by atoms with van der Waals surface area (Å²) in [5, 5.41) is 4.00. The number of likely N-dealkylation sites (tertiary alicyclic amines) is 1. The molecular formula is C8H13N5O. The molecule has 14 heavy (non-hydrogen) atoms. The van der Waals surface area contributed by atoms with E-state index in [-0.39, 0.29) is 11.9 Å². The van der Waals surface area contributed by atoms with Crippen LogP contribution in [0.15, 0.2) is 6.33 Å². The van der Waals surface area contributed by atoms with E-state index >= 15 is 0 Å². The summed E-state index contributed by atoms with van der Waals surface area (Å²) >= 11 is 0. The number of hydrogen-bond acceptors (Lipinski definition) is 3. The molecule has 0 spiro atoms. The third-order valence-electron chi connectivity index (χ3n) is 2.61. The topological polar surface area (TPSA) is 77.0 Å². The van der Waals surface area contributed by atoms with Crippen molar-refractivity contribution in [3.8, 4) is 0 Å². The van der Waals surface area contributed by atoms with Crippen molar-refractivity contribution in [3.05, 3.63) is 12.2 Å². The van der Waals surface area contributed by atoms with Crippen molar-refractivity contribution in [2.45, 2.75) is 12.3 Å². The Bertz CT molecular complexity index is 347. The molecule has 1 atom stereocenters. The van der Waals surface area contributed by atoms with Crippen LogP contribution in [0.3, 0.4) is 0 Å². The van der Waals surface area contributed by atoms with E-state index in [2.05, 4.69) is 10.1 Å². The fourth-order valence-corrected chi connectivity index (χ4v) is 1.85. The summed E-state index contributed by atoms with van der Waals surface area (Å²) in [5.41, 5.74) is 5.20. The highest BCUT2D eigenvalue weighted by Gasteiger charge is 2.28. The lowest BCUT2D eigenvalue weighted by atomic mass is 10.1. The van der Waals surface area contributed by atoms with E-state index in [1.807, 2.05) is 7.05 Å². The first-order chi connectivity index (χ1) is 6.68. The second kappa shape index (κ2) is 3.28. The van der Waals surface area contributed by atoms with Crippen molar-refractivity contribution in [1.82, 2.24) is 19.7 Å². The summed E-state index contributed by atoms with van der Waals surface area (Å²) in [6.45, 7) is 1.37. The Hall–Kier alpha value is -1.59. The number of primary amides is 1. The fourth-order valence-electron chi connectivity index (χ4n) is 1.85. The summed E-state index contributed by atoms with van der Waals surface area (Å²) in [4.78, 5) is 16.7. The summed E-state index contributed by atoms with van der Waals surface area (Å²) in [6, 6.07) is -0.352. The summed E-state index contributed by atoms with van der Waals surface area (Å²) in [5.74, 6) is 1.20. The van der Waals surface area contributed by atoms with Crippen molar-refractivity contribution in [1.29, 1.82) is 0 Å². The molecule has 76 valence electrons. The lowest BCUT2D eigenvalue weighted by Gasteiger charge is -2.12. The molecule has 2 amide bonds. The molecule has 1 aromatic heterocycles. The van der Waals surface area contributed by atoms with Gasteiger partial charge in [-0.05, 0) is 6.42 Å². The van der Waals surface area contributed by atoms with Gasteiger partial charge in [0.1, 0.15) is 12.2 Å². The molecule has 1 aliphatic heterocycles. The smallest absolute Gasteiger partial charge is 0.314 e. The predicted octanol–water partition coefficient (Wildman–Crippen LogP) is -0.317. The lowest BCUT2D eigenvalue weighted by molar-refractivity contribution is 0.218. The molecule has 2 heterocycles. The molecule has 0 bridgehead atoms. The molecule has 1 fully saturated rings. The van der Waals surface area contributed by atoms with Gasteiger partial charge < -0.3 is 10.6 Å². The van der Waals surface area contributed by atoms with Gasteiger partial charge in [0.25, 0.3) is 0 Å². The maximum absolute atomic E-state index is 10.9. The number of rotatable bonds is 1. The van der Waals surface area contributed by atoms with E-state index in [4.69, 9.17) is 5.73 Å². The highest BCUT2D eigenvalue weighted by Crippen LogP contribution is 2.24. The van der Waals surface area contributed by atoms with Crippen LogP contribution in [0.25, 0.3) is 0 Å². The third kappa shape index (κ3) is 1.43. The number of amides is 2. The standard InChI is InChI=1S/C8H13N5O/c1-12-7(10-5-11-12)6-2-3-13(4-6)8(9)14/h5-6H,2-4H2,1H3,(H2,9,14). The number of hydrogen-bond donors (Lipinski definition) is 1. The van der Waals surface area contributed by atoms with Crippen molar-refractivity contribution < 1.29 is 4.79 Å². The third-order valence-corrected chi connectivity index (χ3v) is 2.61. The number of carbonyl (C=O) groups is 1. The van der Waals surface area contributed by atoms with E-state index in [1.54, 1.807) is 9.58 Å². The van der Waals surface area contributed by atoms with Crippen molar-refractivity contribution in [2.75, 3.05) is 13.1 Å². The quantitative estimate of drug-likeness (QED) is 0.667. The van der Waals surface area contributed by atoms with E-state index in [0.29, 0.717) is 13.1 Å². The molecule has 6 heteroatoms. The molecule has 6 nitrogen and oxygen atoms in total. The Morgan fingerprint density at radius 1 is 1.71 bits per heavy atom. The molecule has 1 aliphatic rings. The van der Waals surface area contributed by atoms with Gasteiger partial charge in [0, 0.05) is 26.1 Å². The zero-order valence-corrected chi connectivity index (χ0v) is 8.05. The van der Waals surface area contributed by atoms with Crippen LogP contribution in [-0.4, -0.2) is 38.8 Å². The zero-order chi connectivity index (χ0) is 10.1. The number of urea groups is 1. The second-order valence-corrected chi connectivity index (χ2v) is 3.51. The van der Waals surface area contributed by atoms with Crippen LogP contribution in [-0.2, 0) is 7.05 Å². The molecule has 0 aromatic carbocycles. The first kappa shape index (κ1) is 8.98. The van der Waals surface area contributed by atoms with Crippen LogP contribution in [0.2, 0.25) is 0 Å². The fraction of sp³-hybridized carbons (Fsp3) is 0.625. The van der Waals surface area contributed by atoms with Crippen LogP contribution in [0.5, 0.6) is 0 Å². The molecule has 0 aliphatic carbocycles. The van der Waals surface area contributed by atoms with Crippen LogP contribution < -0.4 is 5.73 Å². The van der Waals surface area contributed by atoms with E-state index in [9.17, 15) is 4.79 Å². The van der Waals surface area contributed by atoms with E-state index in [0.717, 1.165) is 12.2 Å². The summed E-state index contributed by atoms with van der Waals surface area (Å²) in [6.07, 6.45) is 2.44. The maximum Gasteiger partial charge on any atom is 0.314 e. The number of carbonyl (C=O) groups excluding carboxylic acids is 1. The van der Waals surface area contributed by atoms with Gasteiger partial charge in [-0.2, -0.15) is 5.10 Å². The predicted molar refractivity (Wildman–Crippen MR) is 49.5 cm³/mol. The first-order valence-corrected chi connectivity index (χ1v) is 4.56. The average molecular weight is 195 g/mol. The van der Waals surface area contributed by atoms with Crippen LogP contribution in [0, 0.1) is 0 Å². The number of nitrogens with zero attached hydrogens (tertiary/aromatic N) is 4. The van der Waals surface area contributed by atoms with Crippen LogP contribution in [0.4, 0.5) is 4.79 Å². The average Bonchev–Trinajstić information content (AvgIpc) is 2.71.